The number of allylic oxidation sites excluding steroid dienone is 2. The zero-order valence-corrected chi connectivity index (χ0v) is 26.9. The van der Waals surface area contributed by atoms with Crippen molar-refractivity contribution in [2.45, 2.75) is 19.6 Å². The van der Waals surface area contributed by atoms with Gasteiger partial charge >= 0.3 is 0 Å². The van der Waals surface area contributed by atoms with Gasteiger partial charge in [0.2, 0.25) is 19.7 Å². The number of halogens is 2. The molecule has 5 aromatic carbocycles. The first-order valence-electron chi connectivity index (χ1n) is 14.6. The third-order valence-electron chi connectivity index (χ3n) is 8.61. The lowest BCUT2D eigenvalue weighted by molar-refractivity contribution is 0.594. The maximum absolute atomic E-state index is 17.2. The molecule has 0 amide bonds. The van der Waals surface area contributed by atoms with E-state index in [-0.39, 0.29) is 53.0 Å². The van der Waals surface area contributed by atoms with E-state index < -0.39 is 64.7 Å². The Hall–Kier alpha value is -6.70. The Morgan fingerprint density at radius 2 is 0.780 bits per heavy atom. The molecule has 2 aliphatic rings. The second-order valence-corrected chi connectivity index (χ2v) is 15.0. The van der Waals surface area contributed by atoms with Crippen molar-refractivity contribution in [3.63, 3.8) is 0 Å². The molecule has 8 nitrogen and oxygen atoms in total. The minimum Gasteiger partial charge on any atom is -0.219 e. The Bertz CT molecular complexity index is 2610. The molecule has 5 aromatic rings. The van der Waals surface area contributed by atoms with Gasteiger partial charge in [0, 0.05) is 33.4 Å². The van der Waals surface area contributed by atoms with Crippen LogP contribution in [0.3, 0.4) is 0 Å². The second kappa shape index (κ2) is 11.5. The summed E-state index contributed by atoms with van der Waals surface area (Å²) in [7, 11) is -8.30. The summed E-state index contributed by atoms with van der Waals surface area (Å²) in [5.74, 6) is -2.24. The van der Waals surface area contributed by atoms with E-state index in [1.165, 1.54) is 72.8 Å². The molecule has 0 aliphatic heterocycles. The highest BCUT2D eigenvalue weighted by Gasteiger charge is 2.42. The number of sulfone groups is 2. The predicted molar refractivity (Wildman–Crippen MR) is 176 cm³/mol. The topological polar surface area (TPSA) is 163 Å². The van der Waals surface area contributed by atoms with E-state index in [1.54, 1.807) is 36.4 Å². The molecule has 0 aromatic heterocycles. The van der Waals surface area contributed by atoms with Gasteiger partial charge in [-0.15, -0.1) is 0 Å². The van der Waals surface area contributed by atoms with E-state index in [9.17, 15) is 37.9 Å². The van der Waals surface area contributed by atoms with Crippen molar-refractivity contribution in [3.05, 3.63) is 142 Å². The number of hydrogen-bond donors (Lipinski definition) is 0. The summed E-state index contributed by atoms with van der Waals surface area (Å²) in [5, 5.41) is 39.7. The van der Waals surface area contributed by atoms with Crippen LogP contribution in [0.4, 0.5) is 8.78 Å². The lowest BCUT2D eigenvalue weighted by atomic mass is 9.91. The lowest BCUT2D eigenvalue weighted by Crippen LogP contribution is -2.03. The van der Waals surface area contributed by atoms with Crippen LogP contribution in [0, 0.1) is 57.0 Å². The molecular formula is C38H16F2N4O4S2. The number of nitrogens with zero attached hydrogens (tertiary/aromatic N) is 4. The molecule has 238 valence electrons. The molecule has 0 saturated carbocycles. The van der Waals surface area contributed by atoms with Crippen LogP contribution in [-0.2, 0) is 19.7 Å². The second-order valence-electron chi connectivity index (χ2n) is 11.1. The van der Waals surface area contributed by atoms with Crippen molar-refractivity contribution >= 4 is 30.8 Å². The monoisotopic (exact) mass is 694 g/mol. The zero-order chi connectivity index (χ0) is 35.5. The maximum Gasteiger partial charge on any atom is 0.206 e. The predicted octanol–water partition coefficient (Wildman–Crippen LogP) is 7.29. The Kier molecular flexibility index (Phi) is 7.31. The fourth-order valence-corrected chi connectivity index (χ4v) is 9.04. The number of hydrogen-bond acceptors (Lipinski definition) is 8. The van der Waals surface area contributed by atoms with Gasteiger partial charge in [0.25, 0.3) is 0 Å². The average molecular weight is 695 g/mol. The van der Waals surface area contributed by atoms with Gasteiger partial charge in [-0.3, -0.25) is 0 Å². The van der Waals surface area contributed by atoms with Gasteiger partial charge in [-0.1, -0.05) is 48.5 Å². The first kappa shape index (κ1) is 31.9. The van der Waals surface area contributed by atoms with Crippen LogP contribution in [0.2, 0.25) is 0 Å². The molecule has 0 spiro atoms. The number of fused-ring (bicyclic) bond motifs is 6. The molecule has 2 aliphatic carbocycles. The molecule has 0 atom stereocenters. The summed E-state index contributed by atoms with van der Waals surface area (Å²) >= 11 is 0. The fraction of sp³-hybridized carbons (Fsp3) is 0. The van der Waals surface area contributed by atoms with Crippen LogP contribution in [-0.4, -0.2) is 16.8 Å². The van der Waals surface area contributed by atoms with Crippen molar-refractivity contribution in [2.75, 3.05) is 0 Å². The van der Waals surface area contributed by atoms with E-state index in [1.807, 2.05) is 0 Å². The molecule has 0 heterocycles. The van der Waals surface area contributed by atoms with Gasteiger partial charge in [-0.2, -0.15) is 21.0 Å². The number of nitriles is 4. The maximum atomic E-state index is 17.2. The van der Waals surface area contributed by atoms with Crippen LogP contribution in [0.25, 0.3) is 33.4 Å². The third-order valence-corrected chi connectivity index (χ3v) is 12.1. The standard InChI is InChI=1S/C38H16F2N4O4S2/c39-37-33-27-13-11-25(49(45,46)23-7-3-1-4-8-23)15-29(27)31(21(17-41)18-42)35(33)38(40)34-28-14-12-26(50(47,48)24-9-5-2-6-10-24)16-30(28)32(36(34)37)22(19-43)20-44/h1-16H. The van der Waals surface area contributed by atoms with Crippen molar-refractivity contribution in [1.29, 1.82) is 21.0 Å². The first-order chi connectivity index (χ1) is 24.0. The van der Waals surface area contributed by atoms with E-state index in [0.717, 1.165) is 12.1 Å². The van der Waals surface area contributed by atoms with Gasteiger partial charge in [-0.05, 0) is 70.8 Å². The largest absolute Gasteiger partial charge is 0.219 e. The quantitative estimate of drug-likeness (QED) is 0.173. The van der Waals surface area contributed by atoms with Crippen LogP contribution in [0.15, 0.2) is 128 Å². The molecule has 0 N–H and O–H groups in total. The molecule has 0 bridgehead atoms. The summed E-state index contributed by atoms with van der Waals surface area (Å²) < 4.78 is 88.5. The van der Waals surface area contributed by atoms with Crippen molar-refractivity contribution < 1.29 is 25.6 Å². The summed E-state index contributed by atoms with van der Waals surface area (Å²) in [6.45, 7) is 0. The molecule has 0 unspecified atom stereocenters. The zero-order valence-electron chi connectivity index (χ0n) is 25.2. The Balaban J connectivity index is 1.55. The molecule has 0 radical (unpaired) electrons. The van der Waals surface area contributed by atoms with Gasteiger partial charge in [0.15, 0.2) is 0 Å². The highest BCUT2D eigenvalue weighted by atomic mass is 32.2. The minimum atomic E-state index is -4.15. The van der Waals surface area contributed by atoms with E-state index >= 15 is 8.78 Å². The minimum absolute atomic E-state index is 0.0395. The molecular weight excluding hydrogens is 679 g/mol. The summed E-state index contributed by atoms with van der Waals surface area (Å²) in [6, 6.07) is 28.8. The normalized spacial score (nSPS) is 12.4. The number of rotatable bonds is 4. The molecule has 7 rings (SSSR count). The van der Waals surface area contributed by atoms with Crippen LogP contribution in [0.1, 0.15) is 22.3 Å². The smallest absolute Gasteiger partial charge is 0.206 e. The van der Waals surface area contributed by atoms with E-state index in [2.05, 4.69) is 0 Å². The average Bonchev–Trinajstić information content (AvgIpc) is 3.66. The van der Waals surface area contributed by atoms with Crippen LogP contribution < -0.4 is 0 Å². The first-order valence-corrected chi connectivity index (χ1v) is 17.5. The molecule has 0 saturated heterocycles. The SMILES string of the molecule is N#CC(C#N)=C1c2cc(S(=O)(=O)c3ccccc3)ccc2-c2c(F)c3c(c(F)c21)-c1ccc(S(=O)(=O)c2ccccc2)cc1C3=C(C#N)C#N. The Labute approximate surface area is 284 Å². The van der Waals surface area contributed by atoms with Gasteiger partial charge in [0.1, 0.15) is 47.1 Å². The van der Waals surface area contributed by atoms with Crippen molar-refractivity contribution in [3.8, 4) is 46.5 Å². The third kappa shape index (κ3) is 4.41. The van der Waals surface area contributed by atoms with Crippen LogP contribution in [0.5, 0.6) is 0 Å². The Morgan fingerprint density at radius 3 is 1.10 bits per heavy atom. The molecule has 12 heteroatoms. The number of benzene rings is 5. The molecule has 50 heavy (non-hydrogen) atoms. The molecule has 0 fully saturated rings. The highest BCUT2D eigenvalue weighted by molar-refractivity contribution is 7.91. The lowest BCUT2D eigenvalue weighted by Gasteiger charge is -2.13. The van der Waals surface area contributed by atoms with E-state index in [4.69, 9.17) is 0 Å². The highest BCUT2D eigenvalue weighted by Crippen LogP contribution is 2.57. The van der Waals surface area contributed by atoms with Crippen molar-refractivity contribution in [2.24, 2.45) is 0 Å². The van der Waals surface area contributed by atoms with Crippen molar-refractivity contribution in [1.82, 2.24) is 0 Å². The van der Waals surface area contributed by atoms with Gasteiger partial charge in [0.05, 0.1) is 19.6 Å². The fourth-order valence-electron chi connectivity index (χ4n) is 6.43. The van der Waals surface area contributed by atoms with Gasteiger partial charge in [-0.25, -0.2) is 25.6 Å². The summed E-state index contributed by atoms with van der Waals surface area (Å²) in [5.41, 5.74) is -4.01. The summed E-state index contributed by atoms with van der Waals surface area (Å²) in [4.78, 5) is -0.631. The summed E-state index contributed by atoms with van der Waals surface area (Å²) in [6.07, 6.45) is 0. The van der Waals surface area contributed by atoms with E-state index in [0.29, 0.717) is 0 Å². The van der Waals surface area contributed by atoms with Crippen LogP contribution >= 0.6 is 0 Å². The Morgan fingerprint density at radius 1 is 0.440 bits per heavy atom. The van der Waals surface area contributed by atoms with Gasteiger partial charge < -0.3 is 0 Å².